The minimum absolute atomic E-state index is 0.0564. The van der Waals surface area contributed by atoms with Crippen LogP contribution in [0.15, 0.2) is 36.7 Å². The SMILES string of the molecule is O=C(C=C(O)c1nn[nH]n1)c1[nH]ncc1Cc1ccccn1. The second-order valence-corrected chi connectivity index (χ2v) is 4.40. The third-order valence-corrected chi connectivity index (χ3v) is 2.90. The summed E-state index contributed by atoms with van der Waals surface area (Å²) < 4.78 is 0. The van der Waals surface area contributed by atoms with Crippen LogP contribution in [0.5, 0.6) is 0 Å². The molecule has 3 rings (SSSR count). The first-order chi connectivity index (χ1) is 10.7. The number of carbonyl (C=O) groups is 1. The lowest BCUT2D eigenvalue weighted by Gasteiger charge is -2.00. The van der Waals surface area contributed by atoms with Gasteiger partial charge in [-0.3, -0.25) is 14.9 Å². The predicted octanol–water partition coefficient (Wildman–Crippen LogP) is 0.690. The Balaban J connectivity index is 1.82. The number of nitrogens with zero attached hydrogens (tertiary/aromatic N) is 5. The Labute approximate surface area is 124 Å². The van der Waals surface area contributed by atoms with Crippen LogP contribution >= 0.6 is 0 Å². The molecule has 0 aliphatic heterocycles. The van der Waals surface area contributed by atoms with Gasteiger partial charge in [0.1, 0.15) is 5.69 Å². The molecule has 110 valence electrons. The summed E-state index contributed by atoms with van der Waals surface area (Å²) in [5, 5.41) is 28.9. The van der Waals surface area contributed by atoms with Gasteiger partial charge >= 0.3 is 0 Å². The molecule has 3 aromatic rings. The van der Waals surface area contributed by atoms with Crippen LogP contribution in [0.3, 0.4) is 0 Å². The summed E-state index contributed by atoms with van der Waals surface area (Å²) >= 11 is 0. The van der Waals surface area contributed by atoms with Crippen molar-refractivity contribution in [2.24, 2.45) is 0 Å². The average Bonchev–Trinajstić information content (AvgIpc) is 3.19. The Morgan fingerprint density at radius 2 is 2.27 bits per heavy atom. The van der Waals surface area contributed by atoms with E-state index < -0.39 is 5.78 Å². The number of carbonyl (C=O) groups excluding carboxylic acids is 1. The summed E-state index contributed by atoms with van der Waals surface area (Å²) in [5.74, 6) is -0.873. The van der Waals surface area contributed by atoms with Crippen LogP contribution in [0, 0.1) is 0 Å². The van der Waals surface area contributed by atoms with Crippen LogP contribution in [0.1, 0.15) is 27.6 Å². The molecule has 0 aliphatic rings. The molecule has 0 aromatic carbocycles. The van der Waals surface area contributed by atoms with Crippen molar-refractivity contribution in [1.82, 2.24) is 35.8 Å². The second kappa shape index (κ2) is 5.95. The van der Waals surface area contributed by atoms with Crippen molar-refractivity contribution in [2.75, 3.05) is 0 Å². The largest absolute Gasteiger partial charge is 0.504 e. The summed E-state index contributed by atoms with van der Waals surface area (Å²) in [6, 6.07) is 5.54. The number of pyridine rings is 1. The molecule has 22 heavy (non-hydrogen) atoms. The number of aliphatic hydroxyl groups excluding tert-OH is 1. The first-order valence-corrected chi connectivity index (χ1v) is 6.35. The lowest BCUT2D eigenvalue weighted by molar-refractivity contribution is 0.104. The highest BCUT2D eigenvalue weighted by atomic mass is 16.3. The number of aliphatic hydroxyl groups is 1. The number of H-pyrrole nitrogens is 2. The van der Waals surface area contributed by atoms with E-state index in [2.05, 4.69) is 35.8 Å². The number of aromatic nitrogens is 7. The van der Waals surface area contributed by atoms with Crippen LogP contribution in [-0.2, 0) is 6.42 Å². The fourth-order valence-electron chi connectivity index (χ4n) is 1.89. The maximum Gasteiger partial charge on any atom is 0.239 e. The van der Waals surface area contributed by atoms with Crippen LogP contribution < -0.4 is 0 Å². The van der Waals surface area contributed by atoms with E-state index in [-0.39, 0.29) is 17.3 Å². The minimum Gasteiger partial charge on any atom is -0.504 e. The number of rotatable bonds is 5. The molecule has 9 heteroatoms. The molecular formula is C13H11N7O2. The number of hydrogen-bond donors (Lipinski definition) is 3. The number of tetrazole rings is 1. The zero-order valence-corrected chi connectivity index (χ0v) is 11.3. The second-order valence-electron chi connectivity index (χ2n) is 4.40. The molecule has 0 radical (unpaired) electrons. The van der Waals surface area contributed by atoms with Crippen molar-refractivity contribution in [3.63, 3.8) is 0 Å². The number of aromatic amines is 2. The van der Waals surface area contributed by atoms with E-state index in [0.29, 0.717) is 12.0 Å². The zero-order valence-electron chi connectivity index (χ0n) is 11.3. The molecule has 0 amide bonds. The lowest BCUT2D eigenvalue weighted by Crippen LogP contribution is -2.03. The quantitative estimate of drug-likeness (QED) is 0.358. The maximum absolute atomic E-state index is 12.2. The van der Waals surface area contributed by atoms with E-state index in [1.54, 1.807) is 12.4 Å². The normalized spacial score (nSPS) is 11.5. The van der Waals surface area contributed by atoms with Crippen LogP contribution in [-0.4, -0.2) is 46.7 Å². The zero-order chi connectivity index (χ0) is 15.4. The molecule has 0 aliphatic carbocycles. The topological polar surface area (TPSA) is 133 Å². The summed E-state index contributed by atoms with van der Waals surface area (Å²) in [4.78, 5) is 16.4. The molecule has 0 saturated heterocycles. The number of nitrogens with one attached hydrogen (secondary N) is 2. The van der Waals surface area contributed by atoms with E-state index >= 15 is 0 Å². The standard InChI is InChI=1S/C13H11N7O2/c21-10(6-11(22)13-17-19-20-18-13)12-8(7-15-16-12)5-9-3-1-2-4-14-9/h1-4,6-7,22H,5H2,(H,15,16)(H,17,18,19,20). The van der Waals surface area contributed by atoms with Gasteiger partial charge in [0.25, 0.3) is 0 Å². The first kappa shape index (κ1) is 13.6. The van der Waals surface area contributed by atoms with Crippen molar-refractivity contribution in [1.29, 1.82) is 0 Å². The third kappa shape index (κ3) is 2.87. The highest BCUT2D eigenvalue weighted by Gasteiger charge is 2.15. The third-order valence-electron chi connectivity index (χ3n) is 2.90. The molecule has 9 nitrogen and oxygen atoms in total. The van der Waals surface area contributed by atoms with E-state index in [1.807, 2.05) is 18.2 Å². The monoisotopic (exact) mass is 297 g/mol. The van der Waals surface area contributed by atoms with Crippen LogP contribution in [0.4, 0.5) is 0 Å². The predicted molar refractivity (Wildman–Crippen MR) is 74.7 cm³/mol. The molecule has 3 N–H and O–H groups in total. The van der Waals surface area contributed by atoms with Gasteiger partial charge in [-0.15, -0.1) is 10.2 Å². The van der Waals surface area contributed by atoms with Gasteiger partial charge in [-0.1, -0.05) is 6.07 Å². The summed E-state index contributed by atoms with van der Waals surface area (Å²) in [5.41, 5.74) is 1.77. The van der Waals surface area contributed by atoms with Gasteiger partial charge in [0.05, 0.1) is 6.20 Å². The lowest BCUT2D eigenvalue weighted by atomic mass is 10.1. The van der Waals surface area contributed by atoms with Crippen molar-refractivity contribution >= 4 is 11.5 Å². The highest BCUT2D eigenvalue weighted by Crippen LogP contribution is 2.13. The van der Waals surface area contributed by atoms with E-state index in [0.717, 1.165) is 11.8 Å². The van der Waals surface area contributed by atoms with E-state index in [9.17, 15) is 9.90 Å². The Bertz CT molecular complexity index is 793. The van der Waals surface area contributed by atoms with Gasteiger partial charge in [0.2, 0.25) is 11.6 Å². The molecule has 0 spiro atoms. The van der Waals surface area contributed by atoms with Gasteiger partial charge in [0, 0.05) is 30.0 Å². The number of hydrogen-bond acceptors (Lipinski definition) is 7. The molecule has 3 heterocycles. The smallest absolute Gasteiger partial charge is 0.239 e. The fourth-order valence-corrected chi connectivity index (χ4v) is 1.89. The number of allylic oxidation sites excluding steroid dienone is 1. The van der Waals surface area contributed by atoms with Crippen molar-refractivity contribution in [2.45, 2.75) is 6.42 Å². The molecule has 0 unspecified atom stereocenters. The Morgan fingerprint density at radius 1 is 1.36 bits per heavy atom. The molecule has 0 fully saturated rings. The van der Waals surface area contributed by atoms with E-state index in [1.165, 1.54) is 0 Å². The van der Waals surface area contributed by atoms with Crippen LogP contribution in [0.25, 0.3) is 5.76 Å². The fraction of sp³-hybridized carbons (Fsp3) is 0.0769. The summed E-state index contributed by atoms with van der Waals surface area (Å²) in [6.45, 7) is 0. The van der Waals surface area contributed by atoms with Crippen LogP contribution in [0.2, 0.25) is 0 Å². The molecule has 3 aromatic heterocycles. The molecule has 0 saturated carbocycles. The van der Waals surface area contributed by atoms with Gasteiger partial charge in [0.15, 0.2) is 5.76 Å². The number of ketones is 1. The van der Waals surface area contributed by atoms with Gasteiger partial charge in [-0.2, -0.15) is 10.3 Å². The maximum atomic E-state index is 12.2. The average molecular weight is 297 g/mol. The molecule has 0 bridgehead atoms. The molecule has 0 atom stereocenters. The summed E-state index contributed by atoms with van der Waals surface area (Å²) in [7, 11) is 0. The Kier molecular flexibility index (Phi) is 3.69. The van der Waals surface area contributed by atoms with Crippen molar-refractivity contribution < 1.29 is 9.90 Å². The van der Waals surface area contributed by atoms with E-state index in [4.69, 9.17) is 0 Å². The first-order valence-electron chi connectivity index (χ1n) is 6.35. The molecular weight excluding hydrogens is 286 g/mol. The minimum atomic E-state index is -0.439. The van der Waals surface area contributed by atoms with Crippen molar-refractivity contribution in [3.8, 4) is 0 Å². The Morgan fingerprint density at radius 3 is 3.00 bits per heavy atom. The van der Waals surface area contributed by atoms with Gasteiger partial charge < -0.3 is 5.11 Å². The van der Waals surface area contributed by atoms with Gasteiger partial charge in [-0.05, 0) is 17.3 Å². The highest BCUT2D eigenvalue weighted by molar-refractivity contribution is 6.07. The van der Waals surface area contributed by atoms with Crippen molar-refractivity contribution in [3.05, 3.63) is 59.4 Å². The summed E-state index contributed by atoms with van der Waals surface area (Å²) in [6.07, 6.45) is 4.70. The van der Waals surface area contributed by atoms with Gasteiger partial charge in [-0.25, -0.2) is 0 Å². The Hall–Kier alpha value is -3.36.